The van der Waals surface area contributed by atoms with E-state index in [2.05, 4.69) is 11.4 Å². The number of rotatable bonds is 2. The first-order valence-corrected chi connectivity index (χ1v) is 4.06. The fourth-order valence-electron chi connectivity index (χ4n) is 1.31. The molecule has 0 aromatic carbocycles. The van der Waals surface area contributed by atoms with Crippen LogP contribution in [0.2, 0.25) is 0 Å². The molecular weight excluding hydrogens is 124 g/mol. The summed E-state index contributed by atoms with van der Waals surface area (Å²) in [5.74, 6) is 0. The van der Waals surface area contributed by atoms with Gasteiger partial charge in [0.1, 0.15) is 0 Å². The van der Waals surface area contributed by atoms with Crippen LogP contribution in [0.15, 0.2) is 11.8 Å². The van der Waals surface area contributed by atoms with Crippen molar-refractivity contribution in [2.45, 2.75) is 32.1 Å². The number of nitrogens with two attached hydrogens (primary N) is 1. The Kier molecular flexibility index (Phi) is 3.30. The lowest BCUT2D eigenvalue weighted by atomic mass is 10.2. The van der Waals surface area contributed by atoms with Gasteiger partial charge in [0, 0.05) is 5.70 Å². The van der Waals surface area contributed by atoms with Gasteiger partial charge in [0.05, 0.1) is 6.67 Å². The molecule has 0 fully saturated rings. The molecule has 0 aliphatic heterocycles. The Labute approximate surface area is 62.5 Å². The fraction of sp³-hybridized carbons (Fsp3) is 0.750. The van der Waals surface area contributed by atoms with Gasteiger partial charge in [0.2, 0.25) is 0 Å². The molecule has 10 heavy (non-hydrogen) atoms. The van der Waals surface area contributed by atoms with Crippen LogP contribution >= 0.6 is 0 Å². The van der Waals surface area contributed by atoms with Crippen molar-refractivity contribution in [3.8, 4) is 0 Å². The summed E-state index contributed by atoms with van der Waals surface area (Å²) in [4.78, 5) is 0. The van der Waals surface area contributed by atoms with E-state index in [1.165, 1.54) is 37.8 Å². The summed E-state index contributed by atoms with van der Waals surface area (Å²) in [6.07, 6.45) is 8.72. The Morgan fingerprint density at radius 3 is 3.10 bits per heavy atom. The van der Waals surface area contributed by atoms with E-state index in [9.17, 15) is 0 Å². The minimum absolute atomic E-state index is 0.575. The van der Waals surface area contributed by atoms with Crippen LogP contribution in [-0.2, 0) is 0 Å². The summed E-state index contributed by atoms with van der Waals surface area (Å²) in [6.45, 7) is 0.575. The van der Waals surface area contributed by atoms with Crippen molar-refractivity contribution in [3.05, 3.63) is 11.8 Å². The van der Waals surface area contributed by atoms with Crippen LogP contribution in [0.3, 0.4) is 0 Å². The summed E-state index contributed by atoms with van der Waals surface area (Å²) in [5.41, 5.74) is 6.71. The highest BCUT2D eigenvalue weighted by molar-refractivity contribution is 5.00. The number of nitrogens with one attached hydrogen (secondary N) is 1. The fourth-order valence-corrected chi connectivity index (χ4v) is 1.31. The molecule has 1 aliphatic rings. The zero-order chi connectivity index (χ0) is 7.23. The first kappa shape index (κ1) is 7.61. The monoisotopic (exact) mass is 140 g/mol. The molecule has 0 saturated carbocycles. The Morgan fingerprint density at radius 2 is 2.30 bits per heavy atom. The van der Waals surface area contributed by atoms with E-state index in [4.69, 9.17) is 5.73 Å². The highest BCUT2D eigenvalue weighted by Gasteiger charge is 1.99. The molecule has 0 bridgehead atoms. The van der Waals surface area contributed by atoms with Crippen LogP contribution in [0.1, 0.15) is 32.1 Å². The molecular formula is C8H16N2. The van der Waals surface area contributed by atoms with Crippen LogP contribution in [0, 0.1) is 0 Å². The number of hydrogen-bond donors (Lipinski definition) is 2. The SMILES string of the molecule is NCNC1=CCCCCC1. The first-order chi connectivity index (χ1) is 4.93. The van der Waals surface area contributed by atoms with Crippen molar-refractivity contribution in [1.82, 2.24) is 5.32 Å². The van der Waals surface area contributed by atoms with Gasteiger partial charge in [-0.25, -0.2) is 0 Å². The summed E-state index contributed by atoms with van der Waals surface area (Å²) >= 11 is 0. The Hall–Kier alpha value is -0.500. The molecule has 0 aromatic rings. The highest BCUT2D eigenvalue weighted by Crippen LogP contribution is 2.14. The molecule has 58 valence electrons. The van der Waals surface area contributed by atoms with Gasteiger partial charge in [-0.2, -0.15) is 0 Å². The molecule has 3 N–H and O–H groups in total. The number of allylic oxidation sites excluding steroid dienone is 2. The topological polar surface area (TPSA) is 38.0 Å². The molecule has 0 saturated heterocycles. The average molecular weight is 140 g/mol. The molecule has 0 spiro atoms. The van der Waals surface area contributed by atoms with Gasteiger partial charge in [0.25, 0.3) is 0 Å². The molecule has 0 aromatic heterocycles. The van der Waals surface area contributed by atoms with Crippen molar-refractivity contribution in [1.29, 1.82) is 0 Å². The quantitative estimate of drug-likeness (QED) is 0.568. The molecule has 2 nitrogen and oxygen atoms in total. The molecule has 0 amide bonds. The van der Waals surface area contributed by atoms with Crippen molar-refractivity contribution >= 4 is 0 Å². The summed E-state index contributed by atoms with van der Waals surface area (Å²) in [7, 11) is 0. The third-order valence-corrected chi connectivity index (χ3v) is 1.87. The van der Waals surface area contributed by atoms with E-state index < -0.39 is 0 Å². The van der Waals surface area contributed by atoms with Crippen molar-refractivity contribution < 1.29 is 0 Å². The predicted molar refractivity (Wildman–Crippen MR) is 43.4 cm³/mol. The second kappa shape index (κ2) is 4.34. The maximum Gasteiger partial charge on any atom is 0.0624 e. The van der Waals surface area contributed by atoms with Gasteiger partial charge in [-0.15, -0.1) is 0 Å². The van der Waals surface area contributed by atoms with Gasteiger partial charge >= 0.3 is 0 Å². The van der Waals surface area contributed by atoms with Gasteiger partial charge in [-0.1, -0.05) is 12.5 Å². The average Bonchev–Trinajstić information content (AvgIpc) is 2.17. The van der Waals surface area contributed by atoms with Crippen LogP contribution < -0.4 is 11.1 Å². The largest absolute Gasteiger partial charge is 0.376 e. The molecule has 1 rings (SSSR count). The summed E-state index contributed by atoms with van der Waals surface area (Å²) < 4.78 is 0. The standard InChI is InChI=1S/C8H16N2/c9-7-10-8-5-3-1-2-4-6-8/h5,10H,1-4,6-7,9H2. The zero-order valence-electron chi connectivity index (χ0n) is 6.40. The highest BCUT2D eigenvalue weighted by atomic mass is 15.0. The van der Waals surface area contributed by atoms with Gasteiger partial charge in [0.15, 0.2) is 0 Å². The Balaban J connectivity index is 2.31. The predicted octanol–water partition coefficient (Wildman–Crippen LogP) is 1.34. The Bertz CT molecular complexity index is 118. The third-order valence-electron chi connectivity index (χ3n) is 1.87. The smallest absolute Gasteiger partial charge is 0.0624 e. The van der Waals surface area contributed by atoms with E-state index in [0.717, 1.165) is 0 Å². The first-order valence-electron chi connectivity index (χ1n) is 4.06. The minimum Gasteiger partial charge on any atom is -0.376 e. The van der Waals surface area contributed by atoms with Crippen LogP contribution in [0.25, 0.3) is 0 Å². The van der Waals surface area contributed by atoms with E-state index in [1.807, 2.05) is 0 Å². The van der Waals surface area contributed by atoms with E-state index in [0.29, 0.717) is 6.67 Å². The van der Waals surface area contributed by atoms with Crippen molar-refractivity contribution in [2.75, 3.05) is 6.67 Å². The van der Waals surface area contributed by atoms with Gasteiger partial charge < -0.3 is 11.1 Å². The lowest BCUT2D eigenvalue weighted by Crippen LogP contribution is -2.21. The van der Waals surface area contributed by atoms with Crippen LogP contribution in [0.4, 0.5) is 0 Å². The van der Waals surface area contributed by atoms with Crippen LogP contribution in [0.5, 0.6) is 0 Å². The van der Waals surface area contributed by atoms with Crippen LogP contribution in [-0.4, -0.2) is 6.67 Å². The molecule has 0 unspecified atom stereocenters. The van der Waals surface area contributed by atoms with E-state index in [1.54, 1.807) is 0 Å². The van der Waals surface area contributed by atoms with Crippen molar-refractivity contribution in [3.63, 3.8) is 0 Å². The van der Waals surface area contributed by atoms with Gasteiger partial charge in [-0.05, 0) is 25.7 Å². The third kappa shape index (κ3) is 2.40. The zero-order valence-corrected chi connectivity index (χ0v) is 6.40. The summed E-state index contributed by atoms with van der Waals surface area (Å²) in [5, 5.41) is 3.16. The maximum absolute atomic E-state index is 5.36. The molecule has 1 aliphatic carbocycles. The lowest BCUT2D eigenvalue weighted by Gasteiger charge is -2.04. The minimum atomic E-state index is 0.575. The second-order valence-corrected chi connectivity index (χ2v) is 2.71. The summed E-state index contributed by atoms with van der Waals surface area (Å²) in [6, 6.07) is 0. The Morgan fingerprint density at radius 1 is 1.40 bits per heavy atom. The molecule has 0 atom stereocenters. The lowest BCUT2D eigenvalue weighted by molar-refractivity contribution is 0.685. The number of hydrogen-bond acceptors (Lipinski definition) is 2. The van der Waals surface area contributed by atoms with Gasteiger partial charge in [-0.3, -0.25) is 0 Å². The second-order valence-electron chi connectivity index (χ2n) is 2.71. The van der Waals surface area contributed by atoms with Crippen molar-refractivity contribution in [2.24, 2.45) is 5.73 Å². The van der Waals surface area contributed by atoms with E-state index in [-0.39, 0.29) is 0 Å². The normalized spacial score (nSPS) is 19.5. The molecule has 0 heterocycles. The molecule has 2 heteroatoms. The van der Waals surface area contributed by atoms with E-state index >= 15 is 0 Å². The maximum atomic E-state index is 5.36. The molecule has 0 radical (unpaired) electrons.